The maximum Gasteiger partial charge on any atom is 0.124 e. The van der Waals surface area contributed by atoms with Gasteiger partial charge in [0.2, 0.25) is 0 Å². The summed E-state index contributed by atoms with van der Waals surface area (Å²) in [7, 11) is 0. The number of imidazole rings is 1. The van der Waals surface area contributed by atoms with Gasteiger partial charge in [-0.05, 0) is 35.9 Å². The first-order valence-corrected chi connectivity index (χ1v) is 12.0. The van der Waals surface area contributed by atoms with Gasteiger partial charge in [-0.3, -0.25) is 9.80 Å². The van der Waals surface area contributed by atoms with Crippen LogP contribution in [0.2, 0.25) is 0 Å². The number of fused-ring (bicyclic) bond motifs is 1. The molecule has 0 radical (unpaired) electrons. The minimum Gasteiger partial charge on any atom is -0.323 e. The Kier molecular flexibility index (Phi) is 7.26. The van der Waals surface area contributed by atoms with Gasteiger partial charge in [0.15, 0.2) is 0 Å². The van der Waals surface area contributed by atoms with Crippen LogP contribution in [0.3, 0.4) is 0 Å². The molecular weight excluding hydrogens is 388 g/mol. The Hall–Kier alpha value is -2.08. The number of piperazine rings is 1. The number of benzene rings is 2. The minimum absolute atomic E-state index is 0.807. The molecule has 0 atom stereocenters. The summed E-state index contributed by atoms with van der Waals surface area (Å²) in [6.45, 7) is 13.3. The number of allylic oxidation sites excluding steroid dienone is 1. The lowest BCUT2D eigenvalue weighted by Crippen LogP contribution is -2.45. The highest BCUT2D eigenvalue weighted by Gasteiger charge is 2.20. The van der Waals surface area contributed by atoms with E-state index < -0.39 is 0 Å². The third-order valence-corrected chi connectivity index (χ3v) is 6.86. The van der Waals surface area contributed by atoms with E-state index >= 15 is 0 Å². The van der Waals surface area contributed by atoms with Crippen LogP contribution >= 0.6 is 11.8 Å². The maximum atomic E-state index is 4.98. The summed E-state index contributed by atoms with van der Waals surface area (Å²) in [5.74, 6) is 2.31. The van der Waals surface area contributed by atoms with E-state index in [1.165, 1.54) is 22.4 Å². The van der Waals surface area contributed by atoms with Gasteiger partial charge in [-0.1, -0.05) is 43.3 Å². The van der Waals surface area contributed by atoms with Gasteiger partial charge in [0.05, 0.1) is 17.6 Å². The zero-order chi connectivity index (χ0) is 20.8. The van der Waals surface area contributed by atoms with Crippen LogP contribution in [0.25, 0.3) is 11.0 Å². The van der Waals surface area contributed by atoms with Gasteiger partial charge < -0.3 is 4.57 Å². The summed E-state index contributed by atoms with van der Waals surface area (Å²) < 4.78 is 2.34. The smallest absolute Gasteiger partial charge is 0.124 e. The molecule has 1 fully saturated rings. The minimum atomic E-state index is 0.807. The quantitative estimate of drug-likeness (QED) is 0.357. The van der Waals surface area contributed by atoms with Crippen molar-refractivity contribution in [3.05, 3.63) is 72.6 Å². The molecule has 1 saturated heterocycles. The molecule has 0 N–H and O–H groups in total. The molecule has 5 heteroatoms. The van der Waals surface area contributed by atoms with Crippen LogP contribution in [0.1, 0.15) is 24.7 Å². The molecule has 0 spiro atoms. The molecule has 0 aliphatic carbocycles. The normalized spacial score (nSPS) is 15.6. The van der Waals surface area contributed by atoms with Crippen LogP contribution in [0, 0.1) is 0 Å². The molecule has 4 rings (SSSR count). The van der Waals surface area contributed by atoms with Crippen molar-refractivity contribution < 1.29 is 0 Å². The second-order valence-corrected chi connectivity index (χ2v) is 9.13. The number of aromatic nitrogens is 2. The molecule has 2 heterocycles. The number of rotatable bonds is 9. The molecule has 3 aromatic rings. The van der Waals surface area contributed by atoms with Crippen LogP contribution in [0.4, 0.5) is 0 Å². The van der Waals surface area contributed by atoms with E-state index in [1.54, 1.807) is 0 Å². The van der Waals surface area contributed by atoms with Crippen molar-refractivity contribution in [2.24, 2.45) is 0 Å². The summed E-state index contributed by atoms with van der Waals surface area (Å²) in [6, 6.07) is 17.5. The lowest BCUT2D eigenvalue weighted by atomic mass is 10.2. The van der Waals surface area contributed by atoms with Crippen LogP contribution in [0.5, 0.6) is 0 Å². The van der Waals surface area contributed by atoms with Crippen molar-refractivity contribution in [1.82, 2.24) is 19.4 Å². The summed E-state index contributed by atoms with van der Waals surface area (Å²) >= 11 is 1.92. The molecule has 158 valence electrons. The first-order valence-electron chi connectivity index (χ1n) is 11.0. The van der Waals surface area contributed by atoms with Gasteiger partial charge in [-0.15, -0.1) is 18.3 Å². The van der Waals surface area contributed by atoms with Crippen LogP contribution < -0.4 is 0 Å². The van der Waals surface area contributed by atoms with Gasteiger partial charge in [-0.2, -0.15) is 0 Å². The molecule has 1 aliphatic heterocycles. The van der Waals surface area contributed by atoms with Gasteiger partial charge in [0, 0.05) is 44.2 Å². The van der Waals surface area contributed by atoms with Gasteiger partial charge in [0.1, 0.15) is 5.82 Å². The van der Waals surface area contributed by atoms with Crippen molar-refractivity contribution >= 4 is 22.8 Å². The van der Waals surface area contributed by atoms with Crippen molar-refractivity contribution in [3.63, 3.8) is 0 Å². The monoisotopic (exact) mass is 420 g/mol. The molecule has 30 heavy (non-hydrogen) atoms. The van der Waals surface area contributed by atoms with E-state index in [-0.39, 0.29) is 0 Å². The molecular formula is C25H32N4S. The Balaban J connectivity index is 1.43. The zero-order valence-corrected chi connectivity index (χ0v) is 18.8. The van der Waals surface area contributed by atoms with E-state index in [1.807, 2.05) is 17.8 Å². The number of hydrogen-bond acceptors (Lipinski definition) is 4. The Labute approximate surface area is 184 Å². The third-order valence-electron chi connectivity index (χ3n) is 5.66. The molecule has 4 nitrogen and oxygen atoms in total. The lowest BCUT2D eigenvalue weighted by molar-refractivity contribution is 0.119. The largest absolute Gasteiger partial charge is 0.323 e. The maximum absolute atomic E-state index is 4.98. The fourth-order valence-corrected chi connectivity index (χ4v) is 4.86. The van der Waals surface area contributed by atoms with E-state index in [0.717, 1.165) is 62.9 Å². The third kappa shape index (κ3) is 5.15. The molecule has 0 amide bonds. The summed E-state index contributed by atoms with van der Waals surface area (Å²) in [4.78, 5) is 11.4. The average Bonchev–Trinajstić information content (AvgIpc) is 3.11. The molecule has 1 aliphatic rings. The average molecular weight is 421 g/mol. The predicted molar refractivity (Wildman–Crippen MR) is 128 cm³/mol. The second kappa shape index (κ2) is 10.3. The van der Waals surface area contributed by atoms with Crippen LogP contribution in [-0.2, 0) is 19.6 Å². The van der Waals surface area contributed by atoms with E-state index in [2.05, 4.69) is 76.4 Å². The zero-order valence-electron chi connectivity index (χ0n) is 18.0. The lowest BCUT2D eigenvalue weighted by Gasteiger charge is -2.34. The summed E-state index contributed by atoms with van der Waals surface area (Å²) in [5, 5.41) is 0. The molecule has 0 unspecified atom stereocenters. The van der Waals surface area contributed by atoms with Crippen molar-refractivity contribution in [3.8, 4) is 0 Å². The Morgan fingerprint density at radius 3 is 2.43 bits per heavy atom. The number of thioether (sulfide) groups is 1. The van der Waals surface area contributed by atoms with Crippen molar-refractivity contribution in [2.45, 2.75) is 37.9 Å². The first-order chi connectivity index (χ1) is 14.8. The van der Waals surface area contributed by atoms with Gasteiger partial charge in [0.25, 0.3) is 0 Å². The Morgan fingerprint density at radius 1 is 1.00 bits per heavy atom. The summed E-state index contributed by atoms with van der Waals surface area (Å²) in [6.07, 6.45) is 3.17. The molecule has 0 saturated carbocycles. The standard InChI is InChI=1S/C25H32N4S/c1-3-12-29-24-18-22(30-17-4-2)10-11-23(24)26-25(29)20-28-15-13-27(14-16-28)19-21-8-6-5-7-9-21/h3,5-11,18H,1,4,12-17,19-20H2,2H3. The first kappa shape index (κ1) is 21.2. The van der Waals surface area contributed by atoms with Crippen LogP contribution in [0.15, 0.2) is 66.1 Å². The fourth-order valence-electron chi connectivity index (χ4n) is 4.06. The van der Waals surface area contributed by atoms with E-state index in [9.17, 15) is 0 Å². The predicted octanol–water partition coefficient (Wildman–Crippen LogP) is 5.04. The summed E-state index contributed by atoms with van der Waals surface area (Å²) in [5.41, 5.74) is 3.72. The highest BCUT2D eigenvalue weighted by Crippen LogP contribution is 2.26. The van der Waals surface area contributed by atoms with Crippen LogP contribution in [-0.4, -0.2) is 51.3 Å². The van der Waals surface area contributed by atoms with E-state index in [0.29, 0.717) is 0 Å². The second-order valence-electron chi connectivity index (χ2n) is 7.96. The van der Waals surface area contributed by atoms with Gasteiger partial charge in [-0.25, -0.2) is 4.98 Å². The Morgan fingerprint density at radius 2 is 1.73 bits per heavy atom. The topological polar surface area (TPSA) is 24.3 Å². The SMILES string of the molecule is C=CCn1c(CN2CCN(Cc3ccccc3)CC2)nc2ccc(SCCC)cc21. The highest BCUT2D eigenvalue weighted by atomic mass is 32.2. The number of hydrogen-bond donors (Lipinski definition) is 0. The van der Waals surface area contributed by atoms with Gasteiger partial charge >= 0.3 is 0 Å². The molecule has 0 bridgehead atoms. The Bertz CT molecular complexity index is 958. The van der Waals surface area contributed by atoms with Crippen molar-refractivity contribution in [2.75, 3.05) is 31.9 Å². The highest BCUT2D eigenvalue weighted by molar-refractivity contribution is 7.99. The van der Waals surface area contributed by atoms with Crippen molar-refractivity contribution in [1.29, 1.82) is 0 Å². The number of nitrogens with zero attached hydrogens (tertiary/aromatic N) is 4. The molecule has 1 aromatic heterocycles. The van der Waals surface area contributed by atoms with E-state index in [4.69, 9.17) is 4.98 Å². The molecule has 2 aromatic carbocycles. The fraction of sp³-hybridized carbons (Fsp3) is 0.400.